The molecule has 0 radical (unpaired) electrons. The van der Waals surface area contributed by atoms with Crippen molar-refractivity contribution in [3.8, 4) is 5.75 Å². The summed E-state index contributed by atoms with van der Waals surface area (Å²) in [7, 11) is 0. The molecule has 0 bridgehead atoms. The van der Waals surface area contributed by atoms with Crippen molar-refractivity contribution in [1.82, 2.24) is 5.32 Å². The van der Waals surface area contributed by atoms with Gasteiger partial charge >= 0.3 is 6.03 Å². The molecule has 0 aliphatic heterocycles. The maximum absolute atomic E-state index is 12.6. The highest BCUT2D eigenvalue weighted by Crippen LogP contribution is 2.23. The van der Waals surface area contributed by atoms with Crippen molar-refractivity contribution >= 4 is 23.3 Å². The van der Waals surface area contributed by atoms with E-state index in [1.165, 1.54) is 0 Å². The first-order valence-corrected chi connectivity index (χ1v) is 9.77. The zero-order valence-electron chi connectivity index (χ0n) is 16.4. The third-order valence-electron chi connectivity index (χ3n) is 4.51. The molecule has 3 N–H and O–H groups in total. The van der Waals surface area contributed by atoms with Gasteiger partial charge in [0.25, 0.3) is 5.91 Å². The van der Waals surface area contributed by atoms with Crippen LogP contribution in [0.4, 0.5) is 16.2 Å². The zero-order chi connectivity index (χ0) is 19.9. The monoisotopic (exact) mass is 381 g/mol. The molecule has 2 aromatic rings. The SMILES string of the molecule is CCCCOc1ccc(NC(=O)c2cccc(NC(=O)NC3CC3)c2)c(C)c1. The summed E-state index contributed by atoms with van der Waals surface area (Å²) in [6.07, 6.45) is 4.15. The van der Waals surface area contributed by atoms with Crippen LogP contribution in [0, 0.1) is 6.92 Å². The molecule has 1 aliphatic rings. The third kappa shape index (κ3) is 5.74. The van der Waals surface area contributed by atoms with Gasteiger partial charge in [-0.3, -0.25) is 4.79 Å². The molecule has 0 aromatic heterocycles. The van der Waals surface area contributed by atoms with E-state index in [-0.39, 0.29) is 18.0 Å². The van der Waals surface area contributed by atoms with Gasteiger partial charge in [0.1, 0.15) is 5.75 Å². The zero-order valence-corrected chi connectivity index (χ0v) is 16.4. The van der Waals surface area contributed by atoms with Crippen molar-refractivity contribution in [2.45, 2.75) is 45.6 Å². The molecule has 6 nitrogen and oxygen atoms in total. The van der Waals surface area contributed by atoms with Gasteiger partial charge in [-0.15, -0.1) is 0 Å². The van der Waals surface area contributed by atoms with Gasteiger partial charge < -0.3 is 20.7 Å². The highest BCUT2D eigenvalue weighted by Gasteiger charge is 2.23. The van der Waals surface area contributed by atoms with Crippen molar-refractivity contribution in [3.05, 3.63) is 53.6 Å². The Balaban J connectivity index is 1.60. The predicted octanol–water partition coefficient (Wildman–Crippen LogP) is 4.71. The van der Waals surface area contributed by atoms with Crippen LogP contribution in [0.3, 0.4) is 0 Å². The largest absolute Gasteiger partial charge is 0.494 e. The van der Waals surface area contributed by atoms with Crippen LogP contribution in [-0.4, -0.2) is 24.6 Å². The average molecular weight is 381 g/mol. The van der Waals surface area contributed by atoms with E-state index in [9.17, 15) is 9.59 Å². The lowest BCUT2D eigenvalue weighted by atomic mass is 10.1. The Labute approximate surface area is 165 Å². The predicted molar refractivity (Wildman–Crippen MR) is 111 cm³/mol. The lowest BCUT2D eigenvalue weighted by Crippen LogP contribution is -2.30. The van der Waals surface area contributed by atoms with Crippen molar-refractivity contribution < 1.29 is 14.3 Å². The van der Waals surface area contributed by atoms with Crippen LogP contribution in [0.15, 0.2) is 42.5 Å². The van der Waals surface area contributed by atoms with Crippen molar-refractivity contribution in [2.75, 3.05) is 17.2 Å². The number of amides is 3. The minimum Gasteiger partial charge on any atom is -0.494 e. The molecule has 28 heavy (non-hydrogen) atoms. The van der Waals surface area contributed by atoms with Crippen LogP contribution in [-0.2, 0) is 0 Å². The summed E-state index contributed by atoms with van der Waals surface area (Å²) in [6, 6.07) is 12.6. The smallest absolute Gasteiger partial charge is 0.319 e. The minimum absolute atomic E-state index is 0.228. The number of carbonyl (C=O) groups excluding carboxylic acids is 2. The average Bonchev–Trinajstić information content (AvgIpc) is 3.48. The lowest BCUT2D eigenvalue weighted by Gasteiger charge is -2.12. The van der Waals surface area contributed by atoms with E-state index in [1.54, 1.807) is 24.3 Å². The fourth-order valence-corrected chi connectivity index (χ4v) is 2.71. The molecule has 2 aromatic carbocycles. The van der Waals surface area contributed by atoms with Gasteiger partial charge in [0.15, 0.2) is 0 Å². The van der Waals surface area contributed by atoms with E-state index < -0.39 is 0 Å². The number of unbranched alkanes of at least 4 members (excludes halogenated alkanes) is 1. The maximum atomic E-state index is 12.6. The first-order valence-electron chi connectivity index (χ1n) is 9.77. The standard InChI is InChI=1S/C22H27N3O3/c1-3-4-12-28-19-10-11-20(15(2)13-19)25-21(26)16-6-5-7-18(14-16)24-22(27)23-17-8-9-17/h5-7,10-11,13-14,17H,3-4,8-9,12H2,1-2H3,(H,25,26)(H2,23,24,27). The Morgan fingerprint density at radius 3 is 2.64 bits per heavy atom. The van der Waals surface area contributed by atoms with Gasteiger partial charge in [0, 0.05) is 23.0 Å². The Morgan fingerprint density at radius 1 is 1.11 bits per heavy atom. The summed E-state index contributed by atoms with van der Waals surface area (Å²) in [5.74, 6) is 0.575. The Morgan fingerprint density at radius 2 is 1.93 bits per heavy atom. The van der Waals surface area contributed by atoms with Gasteiger partial charge in [-0.05, 0) is 68.1 Å². The van der Waals surface area contributed by atoms with E-state index in [0.717, 1.165) is 42.7 Å². The quantitative estimate of drug-likeness (QED) is 0.579. The molecule has 0 saturated heterocycles. The van der Waals surface area contributed by atoms with Crippen molar-refractivity contribution in [2.24, 2.45) is 0 Å². The molecule has 3 rings (SSSR count). The van der Waals surface area contributed by atoms with Gasteiger partial charge in [0.2, 0.25) is 0 Å². The van der Waals surface area contributed by atoms with Crippen molar-refractivity contribution in [1.29, 1.82) is 0 Å². The van der Waals surface area contributed by atoms with Crippen LogP contribution < -0.4 is 20.7 Å². The minimum atomic E-state index is -0.241. The molecule has 0 unspecified atom stereocenters. The van der Waals surface area contributed by atoms with E-state index >= 15 is 0 Å². The maximum Gasteiger partial charge on any atom is 0.319 e. The van der Waals surface area contributed by atoms with E-state index in [1.807, 2.05) is 25.1 Å². The molecule has 1 saturated carbocycles. The molecular weight excluding hydrogens is 354 g/mol. The fourth-order valence-electron chi connectivity index (χ4n) is 2.71. The molecule has 148 valence electrons. The number of anilines is 2. The number of ether oxygens (including phenoxy) is 1. The lowest BCUT2D eigenvalue weighted by molar-refractivity contribution is 0.102. The van der Waals surface area contributed by atoms with Crippen LogP contribution >= 0.6 is 0 Å². The van der Waals surface area contributed by atoms with Crippen LogP contribution in [0.2, 0.25) is 0 Å². The number of rotatable bonds is 8. The van der Waals surface area contributed by atoms with E-state index in [0.29, 0.717) is 17.9 Å². The van der Waals surface area contributed by atoms with Crippen LogP contribution in [0.1, 0.15) is 48.5 Å². The number of nitrogens with one attached hydrogen (secondary N) is 3. The third-order valence-corrected chi connectivity index (χ3v) is 4.51. The molecule has 1 fully saturated rings. The normalized spacial score (nSPS) is 12.9. The van der Waals surface area contributed by atoms with Crippen molar-refractivity contribution in [3.63, 3.8) is 0 Å². The van der Waals surface area contributed by atoms with Gasteiger partial charge in [-0.1, -0.05) is 19.4 Å². The number of urea groups is 1. The molecule has 6 heteroatoms. The Hall–Kier alpha value is -3.02. The Kier molecular flexibility index (Phi) is 6.53. The molecule has 1 aliphatic carbocycles. The molecule has 0 heterocycles. The number of benzene rings is 2. The molecule has 0 spiro atoms. The second-order valence-corrected chi connectivity index (χ2v) is 7.09. The summed E-state index contributed by atoms with van der Waals surface area (Å²) >= 11 is 0. The number of hydrogen-bond acceptors (Lipinski definition) is 3. The topological polar surface area (TPSA) is 79.5 Å². The second-order valence-electron chi connectivity index (χ2n) is 7.09. The number of carbonyl (C=O) groups is 2. The van der Waals surface area contributed by atoms with Gasteiger partial charge in [0.05, 0.1) is 6.61 Å². The van der Waals surface area contributed by atoms with Crippen LogP contribution in [0.5, 0.6) is 5.75 Å². The summed E-state index contributed by atoms with van der Waals surface area (Å²) in [5, 5.41) is 8.55. The number of hydrogen-bond donors (Lipinski definition) is 3. The summed E-state index contributed by atoms with van der Waals surface area (Å²) in [5.41, 5.74) is 2.73. The first kappa shape index (κ1) is 19.7. The highest BCUT2D eigenvalue weighted by atomic mass is 16.5. The fraction of sp³-hybridized carbons (Fsp3) is 0.364. The number of aryl methyl sites for hydroxylation is 1. The second kappa shape index (κ2) is 9.26. The molecule has 0 atom stereocenters. The summed E-state index contributed by atoms with van der Waals surface area (Å²) < 4.78 is 5.70. The van der Waals surface area contributed by atoms with Gasteiger partial charge in [-0.2, -0.15) is 0 Å². The summed E-state index contributed by atoms with van der Waals surface area (Å²) in [6.45, 7) is 4.75. The first-order chi connectivity index (χ1) is 13.5. The molecular formula is C22H27N3O3. The molecule has 3 amide bonds. The van der Waals surface area contributed by atoms with Crippen LogP contribution in [0.25, 0.3) is 0 Å². The van der Waals surface area contributed by atoms with Gasteiger partial charge in [-0.25, -0.2) is 4.79 Å². The Bertz CT molecular complexity index is 847. The highest BCUT2D eigenvalue weighted by molar-refractivity contribution is 6.05. The van der Waals surface area contributed by atoms with E-state index in [4.69, 9.17) is 4.74 Å². The van der Waals surface area contributed by atoms with E-state index in [2.05, 4.69) is 22.9 Å². The summed E-state index contributed by atoms with van der Waals surface area (Å²) in [4.78, 5) is 24.5.